The number of para-hydroxylation sites is 1. The third-order valence-electron chi connectivity index (χ3n) is 3.80. The number of nitrogens with one attached hydrogen (secondary N) is 1. The van der Waals surface area contributed by atoms with Gasteiger partial charge in [0.15, 0.2) is 0 Å². The summed E-state index contributed by atoms with van der Waals surface area (Å²) in [6.07, 6.45) is 0. The first-order chi connectivity index (χ1) is 12.1. The average molecular weight is 351 g/mol. The lowest BCUT2D eigenvalue weighted by molar-refractivity contribution is 0.307. The maximum Gasteiger partial charge on any atom is 0.266 e. The standard InChI is InChI=1S/C20H15ClN2O2/c1-13-10-16(17(11-22)20(24)23-13)15-7-3-5-9-19(15)25-12-14-6-2-4-8-18(14)21/h2-10H,12H2,1H3,(H,23,24). The predicted octanol–water partition coefficient (Wildman–Crippen LogP) is 4.45. The van der Waals surface area contributed by atoms with Crippen LogP contribution in [0, 0.1) is 18.3 Å². The SMILES string of the molecule is Cc1cc(-c2ccccc2OCc2ccccc2Cl)c(C#N)c(=O)[nH]1. The van der Waals surface area contributed by atoms with E-state index in [9.17, 15) is 10.1 Å². The molecular formula is C20H15ClN2O2. The summed E-state index contributed by atoms with van der Waals surface area (Å²) in [7, 11) is 0. The molecule has 3 aromatic rings. The molecule has 1 N–H and O–H groups in total. The van der Waals surface area contributed by atoms with Gasteiger partial charge in [-0.2, -0.15) is 5.26 Å². The molecule has 0 fully saturated rings. The van der Waals surface area contributed by atoms with Gasteiger partial charge in [-0.05, 0) is 25.1 Å². The molecule has 1 heterocycles. The van der Waals surface area contributed by atoms with Crippen molar-refractivity contribution in [2.45, 2.75) is 13.5 Å². The number of H-pyrrole nitrogens is 1. The molecule has 0 saturated carbocycles. The van der Waals surface area contributed by atoms with E-state index in [1.54, 1.807) is 19.1 Å². The van der Waals surface area contributed by atoms with Gasteiger partial charge in [0.05, 0.1) is 0 Å². The molecule has 3 rings (SSSR count). The Kier molecular flexibility index (Phi) is 4.87. The number of ether oxygens (including phenoxy) is 1. The quantitative estimate of drug-likeness (QED) is 0.755. The molecule has 0 amide bonds. The zero-order chi connectivity index (χ0) is 17.8. The second kappa shape index (κ2) is 7.25. The Balaban J connectivity index is 2.02. The van der Waals surface area contributed by atoms with Crippen molar-refractivity contribution in [1.82, 2.24) is 4.98 Å². The molecule has 25 heavy (non-hydrogen) atoms. The molecule has 0 spiro atoms. The van der Waals surface area contributed by atoms with E-state index in [0.29, 0.717) is 34.2 Å². The summed E-state index contributed by atoms with van der Waals surface area (Å²) in [6.45, 7) is 2.07. The fraction of sp³-hybridized carbons (Fsp3) is 0.100. The molecule has 0 aliphatic rings. The Morgan fingerprint density at radius 2 is 1.84 bits per heavy atom. The Labute approximate surface area is 150 Å². The second-order valence-corrected chi connectivity index (χ2v) is 5.97. The summed E-state index contributed by atoms with van der Waals surface area (Å²) < 4.78 is 5.93. The number of pyridine rings is 1. The van der Waals surface area contributed by atoms with Gasteiger partial charge in [-0.3, -0.25) is 4.79 Å². The van der Waals surface area contributed by atoms with Gasteiger partial charge in [-0.25, -0.2) is 0 Å². The number of hydrogen-bond acceptors (Lipinski definition) is 3. The topological polar surface area (TPSA) is 65.9 Å². The van der Waals surface area contributed by atoms with Gasteiger partial charge in [0.2, 0.25) is 0 Å². The zero-order valence-corrected chi connectivity index (χ0v) is 14.3. The summed E-state index contributed by atoms with van der Waals surface area (Å²) in [6, 6.07) is 18.5. The molecular weight excluding hydrogens is 336 g/mol. The molecule has 0 bridgehead atoms. The Morgan fingerprint density at radius 1 is 1.12 bits per heavy atom. The minimum atomic E-state index is -0.404. The lowest BCUT2D eigenvalue weighted by atomic mass is 10.00. The van der Waals surface area contributed by atoms with E-state index in [1.165, 1.54) is 0 Å². The number of aryl methyl sites for hydroxylation is 1. The number of halogens is 1. The maximum absolute atomic E-state index is 12.1. The highest BCUT2D eigenvalue weighted by Gasteiger charge is 2.14. The zero-order valence-electron chi connectivity index (χ0n) is 13.5. The monoisotopic (exact) mass is 350 g/mol. The Morgan fingerprint density at radius 3 is 2.60 bits per heavy atom. The molecule has 0 radical (unpaired) electrons. The molecule has 0 atom stereocenters. The van der Waals surface area contributed by atoms with Crippen LogP contribution in [0.3, 0.4) is 0 Å². The van der Waals surface area contributed by atoms with Crippen LogP contribution in [0.4, 0.5) is 0 Å². The van der Waals surface area contributed by atoms with Crippen LogP contribution in [0.15, 0.2) is 59.4 Å². The predicted molar refractivity (Wildman–Crippen MR) is 97.7 cm³/mol. The summed E-state index contributed by atoms with van der Waals surface area (Å²) >= 11 is 6.17. The van der Waals surface area contributed by atoms with E-state index in [-0.39, 0.29) is 5.56 Å². The highest BCUT2D eigenvalue weighted by molar-refractivity contribution is 6.31. The van der Waals surface area contributed by atoms with Crippen molar-refractivity contribution in [1.29, 1.82) is 5.26 Å². The number of hydrogen-bond donors (Lipinski definition) is 1. The van der Waals surface area contributed by atoms with Crippen LogP contribution in [0.1, 0.15) is 16.8 Å². The summed E-state index contributed by atoms with van der Waals surface area (Å²) in [5.41, 5.74) is 2.46. The Bertz CT molecular complexity index is 1020. The third-order valence-corrected chi connectivity index (χ3v) is 4.17. The van der Waals surface area contributed by atoms with Gasteiger partial charge >= 0.3 is 0 Å². The van der Waals surface area contributed by atoms with Gasteiger partial charge < -0.3 is 9.72 Å². The van der Waals surface area contributed by atoms with Crippen molar-refractivity contribution < 1.29 is 4.74 Å². The van der Waals surface area contributed by atoms with Gasteiger partial charge in [0, 0.05) is 27.4 Å². The van der Waals surface area contributed by atoms with Crippen LogP contribution in [-0.4, -0.2) is 4.98 Å². The van der Waals surface area contributed by atoms with Gasteiger partial charge in [0.25, 0.3) is 5.56 Å². The minimum Gasteiger partial charge on any atom is -0.488 e. The smallest absolute Gasteiger partial charge is 0.266 e. The van der Waals surface area contributed by atoms with Gasteiger partial charge in [0.1, 0.15) is 24.0 Å². The van der Waals surface area contributed by atoms with Crippen molar-refractivity contribution >= 4 is 11.6 Å². The number of nitrogens with zero attached hydrogens (tertiary/aromatic N) is 1. The molecule has 0 aliphatic carbocycles. The molecule has 0 unspecified atom stereocenters. The van der Waals surface area contributed by atoms with E-state index in [1.807, 2.05) is 48.5 Å². The largest absolute Gasteiger partial charge is 0.488 e. The first-order valence-electron chi connectivity index (χ1n) is 7.70. The van der Waals surface area contributed by atoms with E-state index in [2.05, 4.69) is 4.98 Å². The maximum atomic E-state index is 12.1. The third kappa shape index (κ3) is 3.57. The highest BCUT2D eigenvalue weighted by Crippen LogP contribution is 2.32. The lowest BCUT2D eigenvalue weighted by Crippen LogP contribution is -2.13. The number of rotatable bonds is 4. The van der Waals surface area contributed by atoms with Gasteiger partial charge in [-0.15, -0.1) is 0 Å². The fourth-order valence-corrected chi connectivity index (χ4v) is 2.79. The second-order valence-electron chi connectivity index (χ2n) is 5.56. The normalized spacial score (nSPS) is 10.3. The summed E-state index contributed by atoms with van der Waals surface area (Å²) in [5.74, 6) is 0.587. The number of aromatic nitrogens is 1. The molecule has 124 valence electrons. The average Bonchev–Trinajstić information content (AvgIpc) is 2.61. The van der Waals surface area contributed by atoms with Crippen molar-refractivity contribution in [2.75, 3.05) is 0 Å². The first-order valence-corrected chi connectivity index (χ1v) is 8.07. The number of benzene rings is 2. The molecule has 4 nitrogen and oxygen atoms in total. The van der Waals surface area contributed by atoms with Crippen LogP contribution in [0.2, 0.25) is 5.02 Å². The molecule has 0 saturated heterocycles. The van der Waals surface area contributed by atoms with Crippen LogP contribution >= 0.6 is 11.6 Å². The van der Waals surface area contributed by atoms with Crippen molar-refractivity contribution in [3.8, 4) is 22.9 Å². The van der Waals surface area contributed by atoms with Crippen molar-refractivity contribution in [2.24, 2.45) is 0 Å². The molecule has 2 aromatic carbocycles. The molecule has 0 aliphatic heterocycles. The molecule has 1 aromatic heterocycles. The van der Waals surface area contributed by atoms with E-state index in [4.69, 9.17) is 16.3 Å². The van der Waals surface area contributed by atoms with Crippen LogP contribution in [0.5, 0.6) is 5.75 Å². The van der Waals surface area contributed by atoms with E-state index >= 15 is 0 Å². The fourth-order valence-electron chi connectivity index (χ4n) is 2.60. The summed E-state index contributed by atoms with van der Waals surface area (Å²) in [5, 5.41) is 9.99. The van der Waals surface area contributed by atoms with E-state index < -0.39 is 5.56 Å². The Hall–Kier alpha value is -3.03. The number of nitriles is 1. The lowest BCUT2D eigenvalue weighted by Gasteiger charge is -2.13. The van der Waals surface area contributed by atoms with Crippen molar-refractivity contribution in [3.63, 3.8) is 0 Å². The van der Waals surface area contributed by atoms with Crippen LogP contribution < -0.4 is 10.3 Å². The minimum absolute atomic E-state index is 0.0689. The first kappa shape index (κ1) is 16.8. The summed E-state index contributed by atoms with van der Waals surface area (Å²) in [4.78, 5) is 14.7. The van der Waals surface area contributed by atoms with E-state index in [0.717, 1.165) is 5.56 Å². The highest BCUT2D eigenvalue weighted by atomic mass is 35.5. The van der Waals surface area contributed by atoms with Gasteiger partial charge in [-0.1, -0.05) is 48.0 Å². The van der Waals surface area contributed by atoms with Crippen LogP contribution in [-0.2, 0) is 6.61 Å². The van der Waals surface area contributed by atoms with Crippen LogP contribution in [0.25, 0.3) is 11.1 Å². The number of aromatic amines is 1. The molecule has 5 heteroatoms. The van der Waals surface area contributed by atoms with Crippen molar-refractivity contribution in [3.05, 3.63) is 86.8 Å².